The molecule has 106 valence electrons. The highest BCUT2D eigenvalue weighted by molar-refractivity contribution is 5.64. The molecular formula is C14H24O4-2. The van der Waals surface area contributed by atoms with Crippen molar-refractivity contribution in [2.75, 3.05) is 0 Å². The van der Waals surface area contributed by atoms with E-state index in [1.807, 2.05) is 0 Å². The lowest BCUT2D eigenvalue weighted by molar-refractivity contribution is -0.307. The number of hydrogen-bond donors (Lipinski definition) is 0. The van der Waals surface area contributed by atoms with Gasteiger partial charge in [-0.05, 0) is 25.7 Å². The molecule has 0 unspecified atom stereocenters. The first-order chi connectivity index (χ1) is 8.63. The minimum absolute atomic E-state index is 0.158. The van der Waals surface area contributed by atoms with Gasteiger partial charge in [-0.15, -0.1) is 13.2 Å². The Morgan fingerprint density at radius 2 is 0.833 bits per heavy atom. The van der Waals surface area contributed by atoms with Crippen molar-refractivity contribution >= 4 is 11.9 Å². The second-order valence-electron chi connectivity index (χ2n) is 4.07. The molecule has 0 saturated heterocycles. The molecule has 0 N–H and O–H groups in total. The van der Waals surface area contributed by atoms with Crippen LogP contribution in [-0.4, -0.2) is 11.9 Å². The average Bonchev–Trinajstić information content (AvgIpc) is 2.33. The second kappa shape index (κ2) is 15.7. The van der Waals surface area contributed by atoms with Gasteiger partial charge < -0.3 is 19.8 Å². The summed E-state index contributed by atoms with van der Waals surface area (Å²) in [6.07, 6.45) is 7.88. The molecule has 0 amide bonds. The van der Waals surface area contributed by atoms with E-state index in [2.05, 4.69) is 13.2 Å². The quantitative estimate of drug-likeness (QED) is 0.411. The maximum Gasteiger partial charge on any atom is 0.0414 e. The molecule has 18 heavy (non-hydrogen) atoms. The maximum absolute atomic E-state index is 10.1. The highest BCUT2D eigenvalue weighted by atomic mass is 16.4. The molecule has 0 rings (SSSR count). The minimum atomic E-state index is -0.970. The van der Waals surface area contributed by atoms with E-state index in [0.717, 1.165) is 38.5 Å². The van der Waals surface area contributed by atoms with Crippen molar-refractivity contribution in [3.8, 4) is 0 Å². The van der Waals surface area contributed by atoms with Crippen LogP contribution in [0.3, 0.4) is 0 Å². The third kappa shape index (κ3) is 20.1. The van der Waals surface area contributed by atoms with Crippen molar-refractivity contribution in [2.45, 2.75) is 64.2 Å². The highest BCUT2D eigenvalue weighted by Crippen LogP contribution is 2.10. The second-order valence-corrected chi connectivity index (χ2v) is 4.07. The van der Waals surface area contributed by atoms with Gasteiger partial charge in [0.15, 0.2) is 0 Å². The van der Waals surface area contributed by atoms with E-state index in [4.69, 9.17) is 0 Å². The van der Waals surface area contributed by atoms with E-state index >= 15 is 0 Å². The number of carboxylic acids is 2. The zero-order valence-corrected chi connectivity index (χ0v) is 11.1. The van der Waals surface area contributed by atoms with E-state index < -0.39 is 11.9 Å². The molecule has 0 fully saturated rings. The molecule has 0 spiro atoms. The van der Waals surface area contributed by atoms with Gasteiger partial charge in [0.25, 0.3) is 0 Å². The van der Waals surface area contributed by atoms with Gasteiger partial charge in [0.2, 0.25) is 0 Å². The Morgan fingerprint density at radius 3 is 1.06 bits per heavy atom. The molecule has 4 nitrogen and oxygen atoms in total. The molecule has 0 aliphatic rings. The summed E-state index contributed by atoms with van der Waals surface area (Å²) in [5, 5.41) is 20.2. The van der Waals surface area contributed by atoms with E-state index in [-0.39, 0.29) is 12.8 Å². The molecule has 0 aromatic heterocycles. The van der Waals surface area contributed by atoms with Crippen LogP contribution in [-0.2, 0) is 9.59 Å². The molecule has 0 aromatic rings. The molecule has 0 atom stereocenters. The first kappa shape index (κ1) is 19.0. The van der Waals surface area contributed by atoms with E-state index in [9.17, 15) is 19.8 Å². The lowest BCUT2D eigenvalue weighted by Gasteiger charge is -2.03. The summed E-state index contributed by atoms with van der Waals surface area (Å²) >= 11 is 0. The van der Waals surface area contributed by atoms with Crippen LogP contribution in [0.4, 0.5) is 0 Å². The summed E-state index contributed by atoms with van der Waals surface area (Å²) in [5.41, 5.74) is 0. The van der Waals surface area contributed by atoms with Crippen LogP contribution in [0.1, 0.15) is 64.2 Å². The van der Waals surface area contributed by atoms with Crippen molar-refractivity contribution in [2.24, 2.45) is 0 Å². The van der Waals surface area contributed by atoms with Crippen LogP contribution < -0.4 is 10.2 Å². The smallest absolute Gasteiger partial charge is 0.0414 e. The SMILES string of the molecule is C=C.O=C([O-])CCCCCCCCCCC(=O)[O-]. The predicted molar refractivity (Wildman–Crippen MR) is 67.4 cm³/mol. The van der Waals surface area contributed by atoms with E-state index in [1.54, 1.807) is 0 Å². The van der Waals surface area contributed by atoms with Crippen molar-refractivity contribution in [3.63, 3.8) is 0 Å². The van der Waals surface area contributed by atoms with Crippen LogP contribution >= 0.6 is 0 Å². The Morgan fingerprint density at radius 1 is 0.611 bits per heavy atom. The molecule has 0 heterocycles. The van der Waals surface area contributed by atoms with Crippen molar-refractivity contribution < 1.29 is 19.8 Å². The number of hydrogen-bond acceptors (Lipinski definition) is 4. The number of carbonyl (C=O) groups is 2. The third-order valence-electron chi connectivity index (χ3n) is 2.51. The van der Waals surface area contributed by atoms with Gasteiger partial charge in [0.05, 0.1) is 0 Å². The van der Waals surface area contributed by atoms with Gasteiger partial charge in [-0.25, -0.2) is 0 Å². The summed E-state index contributed by atoms with van der Waals surface area (Å²) in [6, 6.07) is 0. The lowest BCUT2D eigenvalue weighted by atomic mass is 10.1. The number of rotatable bonds is 11. The Labute approximate surface area is 110 Å². The highest BCUT2D eigenvalue weighted by Gasteiger charge is 1.93. The van der Waals surface area contributed by atoms with Crippen molar-refractivity contribution in [1.29, 1.82) is 0 Å². The standard InChI is InChI=1S/C12H22O4.C2H4/c13-11(14)9-7-5-3-1-2-4-6-8-10-12(15)16;1-2/h1-10H2,(H,13,14)(H,15,16);1-2H2/p-2. The Hall–Kier alpha value is -1.32. The largest absolute Gasteiger partial charge is 0.550 e. The summed E-state index contributed by atoms with van der Waals surface area (Å²) in [5.74, 6) is -1.94. The molecule has 4 heteroatoms. The molecular weight excluding hydrogens is 232 g/mol. The zero-order chi connectivity index (χ0) is 14.2. The predicted octanol–water partition coefficient (Wildman–Crippen LogP) is 1.19. The van der Waals surface area contributed by atoms with Gasteiger partial charge in [0.1, 0.15) is 0 Å². The van der Waals surface area contributed by atoms with Gasteiger partial charge in [0, 0.05) is 11.9 Å². The van der Waals surface area contributed by atoms with Gasteiger partial charge in [-0.1, -0.05) is 38.5 Å². The Balaban J connectivity index is 0. The Bertz CT molecular complexity index is 192. The summed E-state index contributed by atoms with van der Waals surface area (Å²) in [6.45, 7) is 6.00. The van der Waals surface area contributed by atoms with Gasteiger partial charge in [-0.3, -0.25) is 0 Å². The van der Waals surface area contributed by atoms with Crippen LogP contribution in [0.25, 0.3) is 0 Å². The van der Waals surface area contributed by atoms with Crippen molar-refractivity contribution in [3.05, 3.63) is 13.2 Å². The minimum Gasteiger partial charge on any atom is -0.550 e. The molecule has 0 radical (unpaired) electrons. The molecule has 0 saturated carbocycles. The Kier molecular flexibility index (Phi) is 16.6. The third-order valence-corrected chi connectivity index (χ3v) is 2.51. The number of carbonyl (C=O) groups excluding carboxylic acids is 2. The molecule has 0 aliphatic heterocycles. The normalized spacial score (nSPS) is 9.33. The summed E-state index contributed by atoms with van der Waals surface area (Å²) < 4.78 is 0. The summed E-state index contributed by atoms with van der Waals surface area (Å²) in [4.78, 5) is 20.2. The molecule has 0 bridgehead atoms. The monoisotopic (exact) mass is 256 g/mol. The van der Waals surface area contributed by atoms with Crippen LogP contribution in [0.5, 0.6) is 0 Å². The maximum atomic E-state index is 10.1. The topological polar surface area (TPSA) is 80.3 Å². The van der Waals surface area contributed by atoms with Crippen molar-refractivity contribution in [1.82, 2.24) is 0 Å². The number of carboxylic acid groups (broad SMARTS) is 2. The van der Waals surface area contributed by atoms with Gasteiger partial charge >= 0.3 is 0 Å². The zero-order valence-electron chi connectivity index (χ0n) is 11.1. The van der Waals surface area contributed by atoms with Crippen LogP contribution in [0.2, 0.25) is 0 Å². The fourth-order valence-electron chi connectivity index (χ4n) is 1.60. The summed E-state index contributed by atoms with van der Waals surface area (Å²) in [7, 11) is 0. The first-order valence-electron chi connectivity index (χ1n) is 6.52. The van der Waals surface area contributed by atoms with Gasteiger partial charge in [-0.2, -0.15) is 0 Å². The van der Waals surface area contributed by atoms with E-state index in [1.165, 1.54) is 0 Å². The fraction of sp³-hybridized carbons (Fsp3) is 0.714. The number of aliphatic carboxylic acids is 2. The molecule has 0 aromatic carbocycles. The lowest BCUT2D eigenvalue weighted by Crippen LogP contribution is -2.21. The fourth-order valence-corrected chi connectivity index (χ4v) is 1.60. The van der Waals surface area contributed by atoms with Crippen LogP contribution in [0, 0.1) is 0 Å². The average molecular weight is 256 g/mol. The van der Waals surface area contributed by atoms with E-state index in [0.29, 0.717) is 12.8 Å². The number of unbranched alkanes of at least 4 members (excludes halogenated alkanes) is 7. The van der Waals surface area contributed by atoms with Crippen LogP contribution in [0.15, 0.2) is 13.2 Å². The first-order valence-corrected chi connectivity index (χ1v) is 6.52. The molecule has 0 aliphatic carbocycles.